The van der Waals surface area contributed by atoms with Gasteiger partial charge >= 0.3 is 5.97 Å². The van der Waals surface area contributed by atoms with Crippen LogP contribution >= 0.6 is 0 Å². The van der Waals surface area contributed by atoms with Crippen molar-refractivity contribution >= 4 is 22.7 Å². The number of nitrogens with one attached hydrogen (secondary N) is 1. The molecule has 1 N–H and O–H groups in total. The highest BCUT2D eigenvalue weighted by molar-refractivity contribution is 5.97. The van der Waals surface area contributed by atoms with Crippen molar-refractivity contribution in [3.05, 3.63) is 65.6 Å². The minimum atomic E-state index is -0.500. The standard InChI is InChI=1S/C17H14N2O3/c1-11(20)14-8-15(19-9-14)17(21)22-10-13-5-2-4-12-6-3-7-18-16(12)13/h2-9,19H,10H2,1H3. The molecule has 0 fully saturated rings. The molecule has 2 aromatic heterocycles. The lowest BCUT2D eigenvalue weighted by molar-refractivity contribution is 0.0468. The van der Waals surface area contributed by atoms with Crippen molar-refractivity contribution in [1.82, 2.24) is 9.97 Å². The van der Waals surface area contributed by atoms with Crippen molar-refractivity contribution < 1.29 is 14.3 Å². The molecule has 0 aliphatic rings. The number of H-pyrrole nitrogens is 1. The van der Waals surface area contributed by atoms with E-state index in [1.807, 2.05) is 30.3 Å². The van der Waals surface area contributed by atoms with Crippen LogP contribution in [0.25, 0.3) is 10.9 Å². The lowest BCUT2D eigenvalue weighted by atomic mass is 10.1. The highest BCUT2D eigenvalue weighted by atomic mass is 16.5. The summed E-state index contributed by atoms with van der Waals surface area (Å²) in [5, 5.41) is 0.995. The number of rotatable bonds is 4. The Balaban J connectivity index is 1.76. The number of hydrogen-bond donors (Lipinski definition) is 1. The largest absolute Gasteiger partial charge is 0.456 e. The van der Waals surface area contributed by atoms with Gasteiger partial charge in [0, 0.05) is 28.9 Å². The Morgan fingerprint density at radius 3 is 2.82 bits per heavy atom. The summed E-state index contributed by atoms with van der Waals surface area (Å²) >= 11 is 0. The quantitative estimate of drug-likeness (QED) is 0.592. The number of pyridine rings is 1. The van der Waals surface area contributed by atoms with Crippen molar-refractivity contribution in [2.45, 2.75) is 13.5 Å². The van der Waals surface area contributed by atoms with E-state index in [4.69, 9.17) is 4.74 Å². The molecule has 110 valence electrons. The number of hydrogen-bond acceptors (Lipinski definition) is 4. The van der Waals surface area contributed by atoms with Crippen molar-refractivity contribution in [3.8, 4) is 0 Å². The van der Waals surface area contributed by atoms with Gasteiger partial charge in [0.05, 0.1) is 5.52 Å². The summed E-state index contributed by atoms with van der Waals surface area (Å²) in [4.78, 5) is 30.3. The molecule has 5 heteroatoms. The molecule has 5 nitrogen and oxygen atoms in total. The van der Waals surface area contributed by atoms with Crippen LogP contribution in [0.3, 0.4) is 0 Å². The Bertz CT molecular complexity index is 846. The van der Waals surface area contributed by atoms with Gasteiger partial charge in [-0.3, -0.25) is 9.78 Å². The van der Waals surface area contributed by atoms with Gasteiger partial charge in [0.1, 0.15) is 12.3 Å². The second kappa shape index (κ2) is 5.81. The molecule has 1 aromatic carbocycles. The molecule has 0 saturated carbocycles. The maximum Gasteiger partial charge on any atom is 0.355 e. The van der Waals surface area contributed by atoms with Crippen molar-refractivity contribution in [3.63, 3.8) is 0 Å². The first-order chi connectivity index (χ1) is 10.6. The van der Waals surface area contributed by atoms with Crippen LogP contribution in [0.2, 0.25) is 0 Å². The number of fused-ring (bicyclic) bond motifs is 1. The molecule has 0 aliphatic carbocycles. The fraction of sp³-hybridized carbons (Fsp3) is 0.118. The smallest absolute Gasteiger partial charge is 0.355 e. The molecule has 0 amide bonds. The van der Waals surface area contributed by atoms with Gasteiger partial charge < -0.3 is 9.72 Å². The molecule has 0 spiro atoms. The summed E-state index contributed by atoms with van der Waals surface area (Å²) in [5.74, 6) is -0.603. The molecule has 0 bridgehead atoms. The lowest BCUT2D eigenvalue weighted by Crippen LogP contribution is -2.06. The van der Waals surface area contributed by atoms with E-state index in [-0.39, 0.29) is 18.1 Å². The molecule has 3 rings (SSSR count). The number of Topliss-reactive ketones (excluding diaryl/α,β-unsaturated/α-hetero) is 1. The maximum atomic E-state index is 12.0. The van der Waals surface area contributed by atoms with Crippen molar-refractivity contribution in [2.75, 3.05) is 0 Å². The predicted octanol–water partition coefficient (Wildman–Crippen LogP) is 3.12. The molecular formula is C17H14N2O3. The molecule has 0 unspecified atom stereocenters. The van der Waals surface area contributed by atoms with Gasteiger partial charge in [-0.25, -0.2) is 4.79 Å². The zero-order valence-corrected chi connectivity index (χ0v) is 12.0. The summed E-state index contributed by atoms with van der Waals surface area (Å²) in [6.45, 7) is 1.57. The van der Waals surface area contributed by atoms with Gasteiger partial charge in [0.2, 0.25) is 0 Å². The Morgan fingerprint density at radius 1 is 1.23 bits per heavy atom. The van der Waals surface area contributed by atoms with Crippen LogP contribution in [0.4, 0.5) is 0 Å². The number of nitrogens with zero attached hydrogens (tertiary/aromatic N) is 1. The van der Waals surface area contributed by atoms with Crippen LogP contribution in [-0.4, -0.2) is 21.7 Å². The van der Waals surface area contributed by atoms with Gasteiger partial charge in [0.25, 0.3) is 0 Å². The third-order valence-electron chi connectivity index (χ3n) is 3.38. The van der Waals surface area contributed by atoms with E-state index in [1.165, 1.54) is 19.2 Å². The van der Waals surface area contributed by atoms with Crippen molar-refractivity contribution in [2.24, 2.45) is 0 Å². The van der Waals surface area contributed by atoms with E-state index in [0.29, 0.717) is 5.56 Å². The lowest BCUT2D eigenvalue weighted by Gasteiger charge is -2.06. The molecule has 22 heavy (non-hydrogen) atoms. The van der Waals surface area contributed by atoms with Gasteiger partial charge in [0.15, 0.2) is 5.78 Å². The SMILES string of the molecule is CC(=O)c1c[nH]c(C(=O)OCc2cccc3cccnc23)c1. The third kappa shape index (κ3) is 2.74. The molecule has 0 radical (unpaired) electrons. The first kappa shape index (κ1) is 14.0. The summed E-state index contributed by atoms with van der Waals surface area (Å²) in [6.07, 6.45) is 3.20. The number of aromatic amines is 1. The average molecular weight is 294 g/mol. The van der Waals surface area contributed by atoms with Crippen LogP contribution in [0.15, 0.2) is 48.8 Å². The second-order valence-corrected chi connectivity index (χ2v) is 4.93. The molecule has 2 heterocycles. The molecule has 0 saturated heterocycles. The Hall–Kier alpha value is -2.95. The Labute approximate surface area is 126 Å². The predicted molar refractivity (Wildman–Crippen MR) is 81.7 cm³/mol. The number of carbonyl (C=O) groups is 2. The fourth-order valence-electron chi connectivity index (χ4n) is 2.22. The first-order valence-electron chi connectivity index (χ1n) is 6.84. The van der Waals surface area contributed by atoms with Gasteiger partial charge in [-0.2, -0.15) is 0 Å². The minimum absolute atomic E-state index is 0.103. The average Bonchev–Trinajstić information content (AvgIpc) is 3.03. The summed E-state index contributed by atoms with van der Waals surface area (Å²) in [7, 11) is 0. The van der Waals surface area contributed by atoms with Gasteiger partial charge in [-0.05, 0) is 19.1 Å². The number of benzene rings is 1. The van der Waals surface area contributed by atoms with E-state index < -0.39 is 5.97 Å². The van der Waals surface area contributed by atoms with Gasteiger partial charge in [-0.15, -0.1) is 0 Å². The molecule has 0 aliphatic heterocycles. The van der Waals surface area contributed by atoms with E-state index in [0.717, 1.165) is 16.5 Å². The topological polar surface area (TPSA) is 72.0 Å². The first-order valence-corrected chi connectivity index (χ1v) is 6.84. The van der Waals surface area contributed by atoms with E-state index >= 15 is 0 Å². The molecular weight excluding hydrogens is 280 g/mol. The highest BCUT2D eigenvalue weighted by Gasteiger charge is 2.13. The van der Waals surface area contributed by atoms with Crippen LogP contribution in [0.1, 0.15) is 33.3 Å². The number of para-hydroxylation sites is 1. The molecule has 0 atom stereocenters. The van der Waals surface area contributed by atoms with Crippen molar-refractivity contribution in [1.29, 1.82) is 0 Å². The van der Waals surface area contributed by atoms with Crippen LogP contribution in [-0.2, 0) is 11.3 Å². The maximum absolute atomic E-state index is 12.0. The molecule has 3 aromatic rings. The number of aromatic nitrogens is 2. The summed E-state index contributed by atoms with van der Waals surface area (Å²) in [6, 6.07) is 11.0. The summed E-state index contributed by atoms with van der Waals surface area (Å²) in [5.41, 5.74) is 2.37. The summed E-state index contributed by atoms with van der Waals surface area (Å²) < 4.78 is 5.29. The van der Waals surface area contributed by atoms with Gasteiger partial charge in [-0.1, -0.05) is 24.3 Å². The van der Waals surface area contributed by atoms with E-state index in [9.17, 15) is 9.59 Å². The second-order valence-electron chi connectivity index (χ2n) is 4.93. The Morgan fingerprint density at radius 2 is 2.05 bits per heavy atom. The number of ether oxygens (including phenoxy) is 1. The Kier molecular flexibility index (Phi) is 3.70. The monoisotopic (exact) mass is 294 g/mol. The van der Waals surface area contributed by atoms with E-state index in [1.54, 1.807) is 6.20 Å². The van der Waals surface area contributed by atoms with Crippen LogP contribution in [0.5, 0.6) is 0 Å². The fourth-order valence-corrected chi connectivity index (χ4v) is 2.22. The van der Waals surface area contributed by atoms with E-state index in [2.05, 4.69) is 9.97 Å². The highest BCUT2D eigenvalue weighted by Crippen LogP contribution is 2.17. The third-order valence-corrected chi connectivity index (χ3v) is 3.38. The van der Waals surface area contributed by atoms with Crippen LogP contribution in [0, 0.1) is 0 Å². The van der Waals surface area contributed by atoms with Crippen LogP contribution < -0.4 is 0 Å². The zero-order valence-electron chi connectivity index (χ0n) is 12.0. The minimum Gasteiger partial charge on any atom is -0.456 e. The number of esters is 1. The normalized spacial score (nSPS) is 10.6. The zero-order chi connectivity index (χ0) is 15.5. The number of carbonyl (C=O) groups excluding carboxylic acids is 2. The number of ketones is 1.